The predicted molar refractivity (Wildman–Crippen MR) is 113 cm³/mol. The Labute approximate surface area is 169 Å². The fourth-order valence-corrected chi connectivity index (χ4v) is 5.79. The zero-order valence-electron chi connectivity index (χ0n) is 16.9. The van der Waals surface area contributed by atoms with Crippen molar-refractivity contribution < 1.29 is 4.79 Å². The number of carbonyl (C=O) groups excluding carboxylic acids is 1. The van der Waals surface area contributed by atoms with Gasteiger partial charge in [0.15, 0.2) is 0 Å². The standard InChI is InChI=1S/C21H30N4O2S/c1-14-15(2)28-20-19(14)21(27)25(13-23-20)11-8-18(26)22-12-16-6-5-10-24-9-4-3-7-17(16)24/h13,16-17H,3-12H2,1-2H3,(H,22,26)/t16-,17+/m0/s1. The number of rotatable bonds is 5. The van der Waals surface area contributed by atoms with E-state index < -0.39 is 0 Å². The van der Waals surface area contributed by atoms with Gasteiger partial charge in [-0.15, -0.1) is 11.3 Å². The van der Waals surface area contributed by atoms with Crippen molar-refractivity contribution in [1.82, 2.24) is 19.8 Å². The van der Waals surface area contributed by atoms with Crippen LogP contribution in [0.2, 0.25) is 0 Å². The largest absolute Gasteiger partial charge is 0.356 e. The van der Waals surface area contributed by atoms with Gasteiger partial charge in [0, 0.05) is 30.4 Å². The molecule has 0 aliphatic carbocycles. The van der Waals surface area contributed by atoms with Gasteiger partial charge in [0.2, 0.25) is 5.91 Å². The van der Waals surface area contributed by atoms with Crippen LogP contribution in [0.5, 0.6) is 0 Å². The van der Waals surface area contributed by atoms with E-state index in [1.54, 1.807) is 22.2 Å². The number of aryl methyl sites for hydroxylation is 3. The van der Waals surface area contributed by atoms with Crippen LogP contribution in [0.1, 0.15) is 49.0 Å². The summed E-state index contributed by atoms with van der Waals surface area (Å²) in [5, 5.41) is 3.83. The summed E-state index contributed by atoms with van der Waals surface area (Å²) in [6.45, 7) is 7.55. The number of aromatic nitrogens is 2. The molecule has 28 heavy (non-hydrogen) atoms. The van der Waals surface area contributed by atoms with Gasteiger partial charge in [0.05, 0.1) is 11.7 Å². The lowest BCUT2D eigenvalue weighted by Gasteiger charge is -2.44. The number of hydrogen-bond donors (Lipinski definition) is 1. The number of nitrogens with zero attached hydrogens (tertiary/aromatic N) is 3. The summed E-state index contributed by atoms with van der Waals surface area (Å²) in [5.74, 6) is 0.591. The smallest absolute Gasteiger partial charge is 0.262 e. The molecule has 6 nitrogen and oxygen atoms in total. The van der Waals surface area contributed by atoms with E-state index in [-0.39, 0.29) is 11.5 Å². The fraction of sp³-hybridized carbons (Fsp3) is 0.667. The summed E-state index contributed by atoms with van der Waals surface area (Å²) in [4.78, 5) is 34.1. The minimum atomic E-state index is -0.0372. The minimum Gasteiger partial charge on any atom is -0.356 e. The van der Waals surface area contributed by atoms with Crippen molar-refractivity contribution >= 4 is 27.5 Å². The topological polar surface area (TPSA) is 67.2 Å². The van der Waals surface area contributed by atoms with Gasteiger partial charge in [-0.1, -0.05) is 6.42 Å². The number of fused-ring (bicyclic) bond motifs is 2. The van der Waals surface area contributed by atoms with Crippen molar-refractivity contribution in [3.63, 3.8) is 0 Å². The highest BCUT2D eigenvalue weighted by Gasteiger charge is 2.32. The molecule has 4 heterocycles. The maximum atomic E-state index is 12.7. The molecule has 1 amide bonds. The molecule has 2 saturated heterocycles. The van der Waals surface area contributed by atoms with Gasteiger partial charge in [0.1, 0.15) is 4.83 Å². The molecular formula is C21H30N4O2S. The van der Waals surface area contributed by atoms with Gasteiger partial charge in [-0.25, -0.2) is 4.98 Å². The number of carbonyl (C=O) groups is 1. The second kappa shape index (κ2) is 8.33. The lowest BCUT2D eigenvalue weighted by molar-refractivity contribution is -0.121. The van der Waals surface area contributed by atoms with Crippen LogP contribution in [0.4, 0.5) is 0 Å². The summed E-state index contributed by atoms with van der Waals surface area (Å²) in [6.07, 6.45) is 8.22. The Morgan fingerprint density at radius 2 is 2.07 bits per heavy atom. The summed E-state index contributed by atoms with van der Waals surface area (Å²) in [5.41, 5.74) is 0.968. The van der Waals surface area contributed by atoms with Crippen LogP contribution in [0.3, 0.4) is 0 Å². The Kier molecular flexibility index (Phi) is 5.83. The Hall–Kier alpha value is -1.73. The molecule has 152 valence electrons. The molecule has 1 N–H and O–H groups in total. The molecule has 0 spiro atoms. The third kappa shape index (κ3) is 3.87. The van der Waals surface area contributed by atoms with Gasteiger partial charge in [-0.2, -0.15) is 0 Å². The number of thiophene rings is 1. The van der Waals surface area contributed by atoms with Crippen molar-refractivity contribution in [2.24, 2.45) is 5.92 Å². The SMILES string of the molecule is Cc1sc2ncn(CCC(=O)NC[C@@H]3CCCN4CCCC[C@H]34)c(=O)c2c1C. The molecule has 2 aliphatic heterocycles. The zero-order chi connectivity index (χ0) is 19.7. The van der Waals surface area contributed by atoms with Gasteiger partial charge in [0.25, 0.3) is 5.56 Å². The van der Waals surface area contributed by atoms with Crippen molar-refractivity contribution in [1.29, 1.82) is 0 Å². The first-order valence-electron chi connectivity index (χ1n) is 10.5. The first-order chi connectivity index (χ1) is 13.5. The molecule has 4 rings (SSSR count). The molecule has 0 saturated carbocycles. The molecule has 0 radical (unpaired) electrons. The van der Waals surface area contributed by atoms with Gasteiger partial charge in [-0.05, 0) is 64.1 Å². The fourth-order valence-electron chi connectivity index (χ4n) is 4.80. The molecule has 2 aromatic rings. The first kappa shape index (κ1) is 19.6. The summed E-state index contributed by atoms with van der Waals surface area (Å²) < 4.78 is 1.57. The van der Waals surface area contributed by atoms with E-state index >= 15 is 0 Å². The Morgan fingerprint density at radius 1 is 1.25 bits per heavy atom. The van der Waals surface area contributed by atoms with Gasteiger partial charge < -0.3 is 10.2 Å². The molecule has 7 heteroatoms. The quantitative estimate of drug-likeness (QED) is 0.835. The number of amides is 1. The number of piperidine rings is 2. The second-order valence-corrected chi connectivity index (χ2v) is 9.47. The molecule has 2 atom stereocenters. The van der Waals surface area contributed by atoms with Crippen LogP contribution < -0.4 is 10.9 Å². The molecular weight excluding hydrogens is 372 g/mol. The predicted octanol–water partition coefficient (Wildman–Crippen LogP) is 2.85. The van der Waals surface area contributed by atoms with Crippen LogP contribution in [-0.2, 0) is 11.3 Å². The van der Waals surface area contributed by atoms with E-state index in [4.69, 9.17) is 0 Å². The third-order valence-corrected chi connectivity index (χ3v) is 7.64. The minimum absolute atomic E-state index is 0.0261. The normalized spacial score (nSPS) is 22.9. The van der Waals surface area contributed by atoms with Crippen LogP contribution >= 0.6 is 11.3 Å². The van der Waals surface area contributed by atoms with Gasteiger partial charge >= 0.3 is 0 Å². The zero-order valence-corrected chi connectivity index (χ0v) is 17.7. The second-order valence-electron chi connectivity index (χ2n) is 8.26. The molecule has 2 fully saturated rings. The lowest BCUT2D eigenvalue weighted by atomic mass is 9.83. The van der Waals surface area contributed by atoms with Gasteiger partial charge in [-0.3, -0.25) is 14.2 Å². The van der Waals surface area contributed by atoms with E-state index in [2.05, 4.69) is 15.2 Å². The van der Waals surface area contributed by atoms with E-state index in [1.165, 1.54) is 45.2 Å². The average Bonchev–Trinajstić information content (AvgIpc) is 3.00. The average molecular weight is 403 g/mol. The number of nitrogens with one attached hydrogen (secondary N) is 1. The Balaban J connectivity index is 1.33. The molecule has 2 aromatic heterocycles. The third-order valence-electron chi connectivity index (χ3n) is 6.53. The monoisotopic (exact) mass is 402 g/mol. The van der Waals surface area contributed by atoms with E-state index in [0.717, 1.165) is 21.8 Å². The van der Waals surface area contributed by atoms with Crippen LogP contribution in [-0.4, -0.2) is 46.0 Å². The van der Waals surface area contributed by atoms with E-state index in [0.29, 0.717) is 30.3 Å². The highest BCUT2D eigenvalue weighted by molar-refractivity contribution is 7.18. The van der Waals surface area contributed by atoms with Crippen molar-refractivity contribution in [3.05, 3.63) is 27.1 Å². The Bertz CT molecular complexity index is 917. The lowest BCUT2D eigenvalue weighted by Crippen LogP contribution is -2.51. The molecule has 0 aromatic carbocycles. The van der Waals surface area contributed by atoms with E-state index in [9.17, 15) is 9.59 Å². The highest BCUT2D eigenvalue weighted by Crippen LogP contribution is 2.30. The van der Waals surface area contributed by atoms with Crippen LogP contribution in [0.15, 0.2) is 11.1 Å². The maximum absolute atomic E-state index is 12.7. The Morgan fingerprint density at radius 3 is 2.93 bits per heavy atom. The highest BCUT2D eigenvalue weighted by atomic mass is 32.1. The van der Waals surface area contributed by atoms with Crippen molar-refractivity contribution in [2.45, 2.75) is 65.0 Å². The van der Waals surface area contributed by atoms with Crippen molar-refractivity contribution in [2.75, 3.05) is 19.6 Å². The molecule has 0 unspecified atom stereocenters. The summed E-state index contributed by atoms with van der Waals surface area (Å²) in [7, 11) is 0. The summed E-state index contributed by atoms with van der Waals surface area (Å²) in [6, 6.07) is 0.641. The number of hydrogen-bond acceptors (Lipinski definition) is 5. The molecule has 0 bridgehead atoms. The first-order valence-corrected chi connectivity index (χ1v) is 11.3. The van der Waals surface area contributed by atoms with Crippen molar-refractivity contribution in [3.8, 4) is 0 Å². The van der Waals surface area contributed by atoms with Crippen LogP contribution in [0, 0.1) is 19.8 Å². The van der Waals surface area contributed by atoms with E-state index in [1.807, 2.05) is 13.8 Å². The van der Waals surface area contributed by atoms with Crippen LogP contribution in [0.25, 0.3) is 10.2 Å². The maximum Gasteiger partial charge on any atom is 0.262 e. The summed E-state index contributed by atoms with van der Waals surface area (Å²) >= 11 is 1.55. The molecule has 2 aliphatic rings.